The van der Waals surface area contributed by atoms with Gasteiger partial charge in [-0.15, -0.1) is 0 Å². The van der Waals surface area contributed by atoms with Crippen molar-refractivity contribution in [2.45, 2.75) is 52.1 Å². The first-order valence-electron chi connectivity index (χ1n) is 11.9. The van der Waals surface area contributed by atoms with Crippen LogP contribution < -0.4 is 0 Å². The van der Waals surface area contributed by atoms with Crippen LogP contribution in [0.5, 0.6) is 0 Å². The molecular weight excluding hydrogens is 458 g/mol. The molecule has 0 saturated heterocycles. The minimum atomic E-state index is -1.48. The zero-order valence-corrected chi connectivity index (χ0v) is 20.7. The van der Waals surface area contributed by atoms with E-state index in [1.165, 1.54) is 36.1 Å². The fourth-order valence-electron chi connectivity index (χ4n) is 3.71. The van der Waals surface area contributed by atoms with E-state index < -0.39 is 11.9 Å². The van der Waals surface area contributed by atoms with Crippen LogP contribution in [0.2, 0.25) is 5.02 Å². The quantitative estimate of drug-likeness (QED) is 0.213. The SMILES string of the molecule is CCCCCCc1ccc(C#Cc2ccc(CN(Cc3ccc(Cl)cc3)C(=O)C(=O)O)cc2)cc1. The van der Waals surface area contributed by atoms with E-state index in [0.29, 0.717) is 5.02 Å². The lowest BCUT2D eigenvalue weighted by atomic mass is 10.0. The Morgan fingerprint density at radius 3 is 1.71 bits per heavy atom. The number of aryl methyl sites for hydroxylation is 1. The van der Waals surface area contributed by atoms with Crippen molar-refractivity contribution in [3.8, 4) is 11.8 Å². The topological polar surface area (TPSA) is 57.6 Å². The van der Waals surface area contributed by atoms with Gasteiger partial charge in [-0.25, -0.2) is 4.79 Å². The molecule has 0 unspecified atom stereocenters. The van der Waals surface area contributed by atoms with Gasteiger partial charge in [0.1, 0.15) is 0 Å². The molecule has 0 aromatic heterocycles. The van der Waals surface area contributed by atoms with E-state index in [4.69, 9.17) is 11.6 Å². The number of hydrogen-bond acceptors (Lipinski definition) is 2. The first-order valence-corrected chi connectivity index (χ1v) is 12.3. The number of nitrogens with zero attached hydrogens (tertiary/aromatic N) is 1. The third kappa shape index (κ3) is 8.63. The predicted octanol–water partition coefficient (Wildman–Crippen LogP) is 6.48. The monoisotopic (exact) mass is 487 g/mol. The molecule has 0 aliphatic carbocycles. The molecule has 0 saturated carbocycles. The summed E-state index contributed by atoms with van der Waals surface area (Å²) in [5, 5.41) is 9.81. The van der Waals surface area contributed by atoms with Crippen molar-refractivity contribution in [3.05, 3.63) is 106 Å². The van der Waals surface area contributed by atoms with Crippen LogP contribution in [0.15, 0.2) is 72.8 Å². The van der Waals surface area contributed by atoms with Crippen LogP contribution in [0.1, 0.15) is 60.4 Å². The van der Waals surface area contributed by atoms with Gasteiger partial charge in [-0.1, -0.05) is 86.0 Å². The Labute approximate surface area is 212 Å². The normalized spacial score (nSPS) is 10.3. The maximum Gasteiger partial charge on any atom is 0.394 e. The molecule has 0 fully saturated rings. The number of benzene rings is 3. The summed E-state index contributed by atoms with van der Waals surface area (Å²) in [6, 6.07) is 22.9. The first-order chi connectivity index (χ1) is 16.9. The molecule has 4 nitrogen and oxygen atoms in total. The fourth-order valence-corrected chi connectivity index (χ4v) is 3.84. The highest BCUT2D eigenvalue weighted by Gasteiger charge is 2.21. The fraction of sp³-hybridized carbons (Fsp3) is 0.267. The second-order valence-electron chi connectivity index (χ2n) is 8.55. The Hall–Kier alpha value is -3.55. The minimum absolute atomic E-state index is 0.179. The van der Waals surface area contributed by atoms with Crippen molar-refractivity contribution in [1.29, 1.82) is 0 Å². The van der Waals surface area contributed by atoms with Gasteiger partial charge >= 0.3 is 11.9 Å². The molecule has 1 amide bonds. The number of amides is 1. The number of carbonyl (C=O) groups is 2. The summed E-state index contributed by atoms with van der Waals surface area (Å²) >= 11 is 5.92. The molecule has 0 atom stereocenters. The van der Waals surface area contributed by atoms with Crippen molar-refractivity contribution in [1.82, 2.24) is 4.90 Å². The second-order valence-corrected chi connectivity index (χ2v) is 8.98. The van der Waals surface area contributed by atoms with E-state index in [-0.39, 0.29) is 13.1 Å². The number of hydrogen-bond donors (Lipinski definition) is 1. The Balaban J connectivity index is 1.62. The Kier molecular flexibility index (Phi) is 9.95. The largest absolute Gasteiger partial charge is 0.474 e. The van der Waals surface area contributed by atoms with Gasteiger partial charge in [-0.3, -0.25) is 4.79 Å². The van der Waals surface area contributed by atoms with Crippen molar-refractivity contribution in [3.63, 3.8) is 0 Å². The molecule has 35 heavy (non-hydrogen) atoms. The Bertz CT molecular complexity index is 1170. The molecule has 3 rings (SSSR count). The van der Waals surface area contributed by atoms with Gasteiger partial charge in [0.2, 0.25) is 0 Å². The molecule has 3 aromatic carbocycles. The lowest BCUT2D eigenvalue weighted by molar-refractivity contribution is -0.156. The molecule has 0 heterocycles. The maximum atomic E-state index is 12.2. The first kappa shape index (κ1) is 26.1. The van der Waals surface area contributed by atoms with Gasteiger partial charge in [0.15, 0.2) is 0 Å². The van der Waals surface area contributed by atoms with Crippen LogP contribution >= 0.6 is 11.6 Å². The van der Waals surface area contributed by atoms with E-state index in [1.807, 2.05) is 24.3 Å². The minimum Gasteiger partial charge on any atom is -0.474 e. The van der Waals surface area contributed by atoms with Crippen LogP contribution in [-0.4, -0.2) is 21.9 Å². The van der Waals surface area contributed by atoms with Crippen LogP contribution in [0.4, 0.5) is 0 Å². The summed E-state index contributed by atoms with van der Waals surface area (Å²) < 4.78 is 0. The van der Waals surface area contributed by atoms with Crippen LogP contribution in [0, 0.1) is 11.8 Å². The summed E-state index contributed by atoms with van der Waals surface area (Å²) in [5.41, 5.74) is 4.79. The number of aliphatic carboxylic acids is 1. The van der Waals surface area contributed by atoms with E-state index >= 15 is 0 Å². The molecule has 5 heteroatoms. The average molecular weight is 488 g/mol. The molecule has 1 N–H and O–H groups in total. The van der Waals surface area contributed by atoms with E-state index in [9.17, 15) is 14.7 Å². The van der Waals surface area contributed by atoms with Gasteiger partial charge in [0.25, 0.3) is 0 Å². The Morgan fingerprint density at radius 1 is 0.743 bits per heavy atom. The van der Waals surface area contributed by atoms with Gasteiger partial charge < -0.3 is 10.0 Å². The highest BCUT2D eigenvalue weighted by atomic mass is 35.5. The zero-order valence-electron chi connectivity index (χ0n) is 20.0. The summed E-state index contributed by atoms with van der Waals surface area (Å²) in [7, 11) is 0. The van der Waals surface area contributed by atoms with Gasteiger partial charge in [-0.2, -0.15) is 0 Å². The van der Waals surface area contributed by atoms with Crippen molar-refractivity contribution < 1.29 is 14.7 Å². The number of carboxylic acid groups (broad SMARTS) is 1. The number of carbonyl (C=O) groups excluding carboxylic acids is 1. The lowest BCUT2D eigenvalue weighted by Gasteiger charge is -2.21. The standard InChI is InChI=1S/C30H30ClNO3/c1-2-3-4-5-6-23-7-9-24(10-8-23)11-12-25-13-15-26(16-14-25)21-32(29(33)30(34)35)22-27-17-19-28(31)20-18-27/h7-10,13-20H,2-6,21-22H2,1H3,(H,34,35). The average Bonchev–Trinajstić information content (AvgIpc) is 2.87. The molecule has 0 bridgehead atoms. The van der Waals surface area contributed by atoms with Crippen molar-refractivity contribution in [2.75, 3.05) is 0 Å². The molecular formula is C30H30ClNO3. The van der Waals surface area contributed by atoms with E-state index in [2.05, 4.69) is 43.0 Å². The summed E-state index contributed by atoms with van der Waals surface area (Å²) in [5.74, 6) is 3.94. The highest BCUT2D eigenvalue weighted by molar-refractivity contribution is 6.31. The third-order valence-electron chi connectivity index (χ3n) is 5.71. The molecule has 3 aromatic rings. The number of halogens is 1. The van der Waals surface area contributed by atoms with Crippen LogP contribution in [-0.2, 0) is 29.1 Å². The lowest BCUT2D eigenvalue weighted by Crippen LogP contribution is -2.35. The summed E-state index contributed by atoms with van der Waals surface area (Å²) in [4.78, 5) is 24.9. The number of unbranched alkanes of at least 4 members (excludes halogenated alkanes) is 3. The predicted molar refractivity (Wildman–Crippen MR) is 140 cm³/mol. The maximum absolute atomic E-state index is 12.2. The van der Waals surface area contributed by atoms with Crippen molar-refractivity contribution in [2.24, 2.45) is 0 Å². The van der Waals surface area contributed by atoms with E-state index in [0.717, 1.165) is 28.7 Å². The second kappa shape index (κ2) is 13.4. The number of carboxylic acids is 1. The molecule has 0 spiro atoms. The summed E-state index contributed by atoms with van der Waals surface area (Å²) in [6.45, 7) is 2.58. The van der Waals surface area contributed by atoms with Gasteiger partial charge in [0.05, 0.1) is 0 Å². The van der Waals surface area contributed by atoms with Crippen molar-refractivity contribution >= 4 is 23.5 Å². The van der Waals surface area contributed by atoms with E-state index in [1.54, 1.807) is 24.3 Å². The third-order valence-corrected chi connectivity index (χ3v) is 5.96. The smallest absolute Gasteiger partial charge is 0.394 e. The number of rotatable bonds is 9. The Morgan fingerprint density at radius 2 is 1.23 bits per heavy atom. The highest BCUT2D eigenvalue weighted by Crippen LogP contribution is 2.15. The van der Waals surface area contributed by atoms with Gasteiger partial charge in [0, 0.05) is 29.2 Å². The molecule has 0 aliphatic heterocycles. The summed E-state index contributed by atoms with van der Waals surface area (Å²) in [6.07, 6.45) is 6.14. The van der Waals surface area contributed by atoms with Crippen LogP contribution in [0.25, 0.3) is 0 Å². The van der Waals surface area contributed by atoms with Crippen LogP contribution in [0.3, 0.4) is 0 Å². The zero-order chi connectivity index (χ0) is 25.0. The van der Waals surface area contributed by atoms with Gasteiger partial charge in [-0.05, 0) is 65.9 Å². The molecule has 180 valence electrons. The molecule has 0 radical (unpaired) electrons. The molecule has 0 aliphatic rings.